The van der Waals surface area contributed by atoms with Crippen LogP contribution in [-0.2, 0) is 9.53 Å². The molecule has 1 fully saturated rings. The maximum atomic E-state index is 12.1. The summed E-state index contributed by atoms with van der Waals surface area (Å²) in [5.74, 6) is 0.895. The number of nitrogens with one attached hydrogen (secondary N) is 1. The lowest BCUT2D eigenvalue weighted by Crippen LogP contribution is -2.32. The van der Waals surface area contributed by atoms with Crippen molar-refractivity contribution in [3.05, 3.63) is 18.2 Å². The minimum atomic E-state index is -0.216. The van der Waals surface area contributed by atoms with E-state index in [4.69, 9.17) is 4.74 Å². The van der Waals surface area contributed by atoms with Crippen LogP contribution >= 0.6 is 0 Å². The Morgan fingerprint density at radius 3 is 2.90 bits per heavy atom. The lowest BCUT2D eigenvalue weighted by molar-refractivity contribution is -0.123. The van der Waals surface area contributed by atoms with E-state index in [2.05, 4.69) is 10.3 Å². The Morgan fingerprint density at radius 1 is 1.48 bits per heavy atom. The van der Waals surface area contributed by atoms with Crippen molar-refractivity contribution in [3.8, 4) is 0 Å². The van der Waals surface area contributed by atoms with E-state index in [-0.39, 0.29) is 11.9 Å². The number of carbonyl (C=O) groups excluding carboxylic acids is 1. The predicted octanol–water partition coefficient (Wildman–Crippen LogP) is 2.61. The van der Waals surface area contributed by atoms with Crippen molar-refractivity contribution < 1.29 is 9.53 Å². The molecule has 1 amide bonds. The SMILES string of the molecule is Cc1nccn1C(C)C(=O)NCCCOC1CCCCC1. The third-order valence-electron chi connectivity index (χ3n) is 4.19. The fraction of sp³-hybridized carbons (Fsp3) is 0.750. The molecule has 0 spiro atoms. The molecular formula is C16H27N3O2. The third kappa shape index (κ3) is 4.84. The van der Waals surface area contributed by atoms with Crippen LogP contribution in [0.4, 0.5) is 0 Å². The highest BCUT2D eigenvalue weighted by molar-refractivity contribution is 5.79. The topological polar surface area (TPSA) is 56.2 Å². The number of aryl methyl sites for hydroxylation is 1. The average Bonchev–Trinajstić information content (AvgIpc) is 2.93. The number of hydrogen-bond acceptors (Lipinski definition) is 3. The molecule has 1 aliphatic carbocycles. The molecule has 0 saturated heterocycles. The molecule has 2 rings (SSSR count). The predicted molar refractivity (Wildman–Crippen MR) is 82.1 cm³/mol. The second kappa shape index (κ2) is 8.17. The van der Waals surface area contributed by atoms with Crippen molar-refractivity contribution >= 4 is 5.91 Å². The Balaban J connectivity index is 1.59. The second-order valence-corrected chi connectivity index (χ2v) is 5.83. The van der Waals surface area contributed by atoms with E-state index in [1.807, 2.05) is 24.6 Å². The molecular weight excluding hydrogens is 266 g/mol. The molecule has 1 aliphatic rings. The standard InChI is InChI=1S/C16H27N3O2/c1-13(19-11-10-17-14(19)2)16(20)18-9-6-12-21-15-7-4-3-5-8-15/h10-11,13,15H,3-9,12H2,1-2H3,(H,18,20). The monoisotopic (exact) mass is 293 g/mol. The van der Waals surface area contributed by atoms with Gasteiger partial charge in [0.2, 0.25) is 5.91 Å². The summed E-state index contributed by atoms with van der Waals surface area (Å²) in [6.45, 7) is 5.21. The summed E-state index contributed by atoms with van der Waals surface area (Å²) >= 11 is 0. The molecule has 0 aromatic carbocycles. The molecule has 21 heavy (non-hydrogen) atoms. The van der Waals surface area contributed by atoms with Gasteiger partial charge < -0.3 is 14.6 Å². The van der Waals surface area contributed by atoms with Gasteiger partial charge in [-0.25, -0.2) is 4.98 Å². The van der Waals surface area contributed by atoms with Gasteiger partial charge in [-0.3, -0.25) is 4.79 Å². The Hall–Kier alpha value is -1.36. The first kappa shape index (κ1) is 16.0. The van der Waals surface area contributed by atoms with Gasteiger partial charge in [0.25, 0.3) is 0 Å². The minimum Gasteiger partial charge on any atom is -0.378 e. The maximum absolute atomic E-state index is 12.1. The van der Waals surface area contributed by atoms with Crippen LogP contribution in [0.2, 0.25) is 0 Å². The van der Waals surface area contributed by atoms with Crippen LogP contribution in [0.1, 0.15) is 57.3 Å². The molecule has 1 unspecified atom stereocenters. The molecule has 1 N–H and O–H groups in total. The summed E-state index contributed by atoms with van der Waals surface area (Å²) in [4.78, 5) is 16.2. The van der Waals surface area contributed by atoms with E-state index in [1.54, 1.807) is 6.20 Å². The number of carbonyl (C=O) groups is 1. The molecule has 1 heterocycles. The van der Waals surface area contributed by atoms with Crippen LogP contribution in [0, 0.1) is 6.92 Å². The zero-order valence-corrected chi connectivity index (χ0v) is 13.2. The first-order valence-corrected chi connectivity index (χ1v) is 8.07. The largest absolute Gasteiger partial charge is 0.378 e. The maximum Gasteiger partial charge on any atom is 0.242 e. The molecule has 5 heteroatoms. The van der Waals surface area contributed by atoms with E-state index < -0.39 is 0 Å². The van der Waals surface area contributed by atoms with E-state index in [0.29, 0.717) is 12.6 Å². The summed E-state index contributed by atoms with van der Waals surface area (Å²) < 4.78 is 7.73. The molecule has 1 aromatic heterocycles. The summed E-state index contributed by atoms with van der Waals surface area (Å²) in [5, 5.41) is 2.97. The van der Waals surface area contributed by atoms with Gasteiger partial charge in [-0.05, 0) is 33.1 Å². The molecule has 0 aliphatic heterocycles. The second-order valence-electron chi connectivity index (χ2n) is 5.83. The number of rotatable bonds is 7. The van der Waals surface area contributed by atoms with Crippen LogP contribution in [0.25, 0.3) is 0 Å². The van der Waals surface area contributed by atoms with Crippen molar-refractivity contribution in [2.45, 2.75) is 64.5 Å². The van der Waals surface area contributed by atoms with Gasteiger partial charge in [0.15, 0.2) is 0 Å². The highest BCUT2D eigenvalue weighted by Crippen LogP contribution is 2.20. The molecule has 5 nitrogen and oxygen atoms in total. The fourth-order valence-electron chi connectivity index (χ4n) is 2.84. The van der Waals surface area contributed by atoms with Crippen LogP contribution in [0.15, 0.2) is 12.4 Å². The van der Waals surface area contributed by atoms with Crippen LogP contribution in [0.3, 0.4) is 0 Å². The van der Waals surface area contributed by atoms with Crippen molar-refractivity contribution in [2.75, 3.05) is 13.2 Å². The van der Waals surface area contributed by atoms with E-state index in [0.717, 1.165) is 18.9 Å². The summed E-state index contributed by atoms with van der Waals surface area (Å²) in [7, 11) is 0. The third-order valence-corrected chi connectivity index (χ3v) is 4.19. The van der Waals surface area contributed by atoms with Crippen LogP contribution in [0.5, 0.6) is 0 Å². The van der Waals surface area contributed by atoms with E-state index >= 15 is 0 Å². The first-order chi connectivity index (χ1) is 10.2. The Labute approximate surface area is 127 Å². The summed E-state index contributed by atoms with van der Waals surface area (Å²) in [6, 6.07) is -0.216. The lowest BCUT2D eigenvalue weighted by Gasteiger charge is -2.22. The molecule has 1 aromatic rings. The molecule has 0 radical (unpaired) electrons. The van der Waals surface area contributed by atoms with Gasteiger partial charge >= 0.3 is 0 Å². The number of aromatic nitrogens is 2. The zero-order valence-electron chi connectivity index (χ0n) is 13.2. The number of nitrogens with zero attached hydrogens (tertiary/aromatic N) is 2. The number of hydrogen-bond donors (Lipinski definition) is 1. The highest BCUT2D eigenvalue weighted by atomic mass is 16.5. The number of amides is 1. The van der Waals surface area contributed by atoms with Crippen molar-refractivity contribution in [1.82, 2.24) is 14.9 Å². The van der Waals surface area contributed by atoms with Gasteiger partial charge in [0.1, 0.15) is 11.9 Å². The van der Waals surface area contributed by atoms with Gasteiger partial charge in [-0.1, -0.05) is 19.3 Å². The van der Waals surface area contributed by atoms with Gasteiger partial charge in [0, 0.05) is 25.5 Å². The average molecular weight is 293 g/mol. The lowest BCUT2D eigenvalue weighted by atomic mass is 9.98. The van der Waals surface area contributed by atoms with Gasteiger partial charge in [-0.15, -0.1) is 0 Å². The Kier molecular flexibility index (Phi) is 6.23. The van der Waals surface area contributed by atoms with Crippen LogP contribution < -0.4 is 5.32 Å². The fourth-order valence-corrected chi connectivity index (χ4v) is 2.84. The normalized spacial score (nSPS) is 17.6. The molecule has 1 atom stereocenters. The van der Waals surface area contributed by atoms with Crippen LogP contribution in [-0.4, -0.2) is 34.7 Å². The van der Waals surface area contributed by atoms with Gasteiger partial charge in [0.05, 0.1) is 6.10 Å². The Bertz CT molecular complexity index is 438. The number of imidazole rings is 1. The number of ether oxygens (including phenoxy) is 1. The van der Waals surface area contributed by atoms with Crippen molar-refractivity contribution in [3.63, 3.8) is 0 Å². The zero-order chi connectivity index (χ0) is 15.1. The van der Waals surface area contributed by atoms with Crippen molar-refractivity contribution in [1.29, 1.82) is 0 Å². The van der Waals surface area contributed by atoms with Gasteiger partial charge in [-0.2, -0.15) is 0 Å². The van der Waals surface area contributed by atoms with E-state index in [1.165, 1.54) is 32.1 Å². The molecule has 1 saturated carbocycles. The quantitative estimate of drug-likeness (QED) is 0.786. The Morgan fingerprint density at radius 2 is 2.24 bits per heavy atom. The smallest absolute Gasteiger partial charge is 0.242 e. The highest BCUT2D eigenvalue weighted by Gasteiger charge is 2.16. The van der Waals surface area contributed by atoms with Crippen molar-refractivity contribution in [2.24, 2.45) is 0 Å². The molecule has 118 valence electrons. The summed E-state index contributed by atoms with van der Waals surface area (Å²) in [5.41, 5.74) is 0. The first-order valence-electron chi connectivity index (χ1n) is 8.07. The summed E-state index contributed by atoms with van der Waals surface area (Å²) in [6.07, 6.45) is 11.2. The molecule has 0 bridgehead atoms. The minimum absolute atomic E-state index is 0.0359. The van der Waals surface area contributed by atoms with E-state index in [9.17, 15) is 4.79 Å².